The molecular formula is C28H27NO6. The Hall–Kier alpha value is -4.26. The summed E-state index contributed by atoms with van der Waals surface area (Å²) in [4.78, 5) is 28.2. The highest BCUT2D eigenvalue weighted by Crippen LogP contribution is 2.40. The van der Waals surface area contributed by atoms with Gasteiger partial charge in [-0.15, -0.1) is 0 Å². The van der Waals surface area contributed by atoms with Crippen LogP contribution in [-0.2, 0) is 11.3 Å². The van der Waals surface area contributed by atoms with E-state index in [1.54, 1.807) is 69.9 Å². The maximum Gasteiger partial charge on any atom is 0.261 e. The summed E-state index contributed by atoms with van der Waals surface area (Å²) in [6.45, 7) is 2.46. The topological polar surface area (TPSA) is 74.3 Å². The summed E-state index contributed by atoms with van der Waals surface area (Å²) < 4.78 is 21.9. The van der Waals surface area contributed by atoms with Gasteiger partial charge in [0.2, 0.25) is 5.75 Å². The maximum atomic E-state index is 13.6. The highest BCUT2D eigenvalue weighted by Gasteiger charge is 2.34. The number of hydrogen-bond donors (Lipinski definition) is 0. The zero-order valence-corrected chi connectivity index (χ0v) is 20.2. The molecule has 0 bridgehead atoms. The summed E-state index contributed by atoms with van der Waals surface area (Å²) in [5.41, 5.74) is 2.95. The van der Waals surface area contributed by atoms with E-state index >= 15 is 0 Å². The maximum absolute atomic E-state index is 13.6. The monoisotopic (exact) mass is 473 g/mol. The lowest BCUT2D eigenvalue weighted by Gasteiger charge is -2.29. The standard InChI is InChI=1S/C28H27NO6/c1-5-35-26-24(33-3)15-19(16-25(26)34-4)14-23-21-8-6-7-9-22(21)27(30)29(28(23)31)17-18-10-12-20(32-2)13-11-18/h6-16H,5,17H2,1-4H3/b23-14-. The van der Waals surface area contributed by atoms with Gasteiger partial charge in [-0.1, -0.05) is 30.3 Å². The number of methoxy groups -OCH3 is 3. The Bertz CT molecular complexity index is 1250. The van der Waals surface area contributed by atoms with Gasteiger partial charge in [0.15, 0.2) is 11.5 Å². The van der Waals surface area contributed by atoms with Crippen molar-refractivity contribution in [2.75, 3.05) is 27.9 Å². The van der Waals surface area contributed by atoms with Gasteiger partial charge in [0.1, 0.15) is 5.75 Å². The first-order chi connectivity index (χ1) is 17.0. The van der Waals surface area contributed by atoms with E-state index in [1.807, 2.05) is 25.1 Å². The van der Waals surface area contributed by atoms with Gasteiger partial charge in [-0.2, -0.15) is 0 Å². The average Bonchev–Trinajstić information content (AvgIpc) is 2.90. The molecule has 0 radical (unpaired) electrons. The van der Waals surface area contributed by atoms with E-state index in [2.05, 4.69) is 0 Å². The molecule has 2 amide bonds. The molecule has 0 fully saturated rings. The van der Waals surface area contributed by atoms with E-state index < -0.39 is 0 Å². The van der Waals surface area contributed by atoms with Gasteiger partial charge in [-0.25, -0.2) is 0 Å². The molecule has 4 rings (SSSR count). The van der Waals surface area contributed by atoms with Crippen LogP contribution in [0.25, 0.3) is 11.6 Å². The fourth-order valence-electron chi connectivity index (χ4n) is 4.04. The van der Waals surface area contributed by atoms with E-state index in [1.165, 1.54) is 4.90 Å². The lowest BCUT2D eigenvalue weighted by molar-refractivity contribution is -0.123. The van der Waals surface area contributed by atoms with Gasteiger partial charge in [-0.3, -0.25) is 14.5 Å². The SMILES string of the molecule is CCOc1c(OC)cc(/C=C2\C(=O)N(Cc3ccc(OC)cc3)C(=O)c3ccccc32)cc1OC. The van der Waals surface area contributed by atoms with Crippen molar-refractivity contribution in [3.05, 3.63) is 82.9 Å². The number of imide groups is 1. The molecule has 7 heteroatoms. The van der Waals surface area contributed by atoms with Crippen LogP contribution in [0.2, 0.25) is 0 Å². The molecule has 0 atom stereocenters. The number of amides is 2. The second-order valence-corrected chi connectivity index (χ2v) is 7.84. The van der Waals surface area contributed by atoms with Crippen LogP contribution in [0.4, 0.5) is 0 Å². The second-order valence-electron chi connectivity index (χ2n) is 7.84. The van der Waals surface area contributed by atoms with Gasteiger partial charge < -0.3 is 18.9 Å². The minimum Gasteiger partial charge on any atom is -0.497 e. The molecule has 0 aliphatic carbocycles. The Morgan fingerprint density at radius 1 is 0.800 bits per heavy atom. The fourth-order valence-corrected chi connectivity index (χ4v) is 4.04. The van der Waals surface area contributed by atoms with Crippen LogP contribution >= 0.6 is 0 Å². The number of nitrogens with zero attached hydrogens (tertiary/aromatic N) is 1. The summed E-state index contributed by atoms with van der Waals surface area (Å²) in [5.74, 6) is 1.46. The smallest absolute Gasteiger partial charge is 0.261 e. The molecule has 1 aliphatic rings. The van der Waals surface area contributed by atoms with Crippen molar-refractivity contribution >= 4 is 23.5 Å². The molecule has 180 valence electrons. The average molecular weight is 474 g/mol. The Morgan fingerprint density at radius 3 is 2.00 bits per heavy atom. The second kappa shape index (κ2) is 10.3. The highest BCUT2D eigenvalue weighted by molar-refractivity contribution is 6.33. The van der Waals surface area contributed by atoms with E-state index in [4.69, 9.17) is 18.9 Å². The number of carbonyl (C=O) groups excluding carboxylic acids is 2. The van der Waals surface area contributed by atoms with Gasteiger partial charge in [-0.05, 0) is 60.0 Å². The normalized spacial score (nSPS) is 14.1. The van der Waals surface area contributed by atoms with Crippen LogP contribution in [0.5, 0.6) is 23.0 Å². The van der Waals surface area contributed by atoms with Gasteiger partial charge in [0.05, 0.1) is 34.5 Å². The Balaban J connectivity index is 1.79. The Labute approximate surface area is 204 Å². The van der Waals surface area contributed by atoms with E-state index in [9.17, 15) is 9.59 Å². The number of fused-ring (bicyclic) bond motifs is 1. The molecule has 0 saturated heterocycles. The van der Waals surface area contributed by atoms with Crippen molar-refractivity contribution < 1.29 is 28.5 Å². The molecule has 1 heterocycles. The van der Waals surface area contributed by atoms with E-state index in [0.717, 1.165) is 5.56 Å². The molecule has 0 unspecified atom stereocenters. The van der Waals surface area contributed by atoms with E-state index in [0.29, 0.717) is 51.9 Å². The van der Waals surface area contributed by atoms with Crippen molar-refractivity contribution in [3.63, 3.8) is 0 Å². The summed E-state index contributed by atoms with van der Waals surface area (Å²) in [6.07, 6.45) is 1.75. The Morgan fingerprint density at radius 2 is 1.43 bits per heavy atom. The van der Waals surface area contributed by atoms with Crippen LogP contribution in [0.3, 0.4) is 0 Å². The molecule has 0 aromatic heterocycles. The van der Waals surface area contributed by atoms with Crippen molar-refractivity contribution in [1.82, 2.24) is 4.90 Å². The van der Waals surface area contributed by atoms with Gasteiger partial charge in [0.25, 0.3) is 11.8 Å². The number of rotatable bonds is 8. The fraction of sp³-hybridized carbons (Fsp3) is 0.214. The first-order valence-corrected chi connectivity index (χ1v) is 11.2. The Kier molecular flexibility index (Phi) is 7.06. The molecule has 0 N–H and O–H groups in total. The van der Waals surface area contributed by atoms with Gasteiger partial charge in [0, 0.05) is 11.1 Å². The largest absolute Gasteiger partial charge is 0.497 e. The molecule has 1 aliphatic heterocycles. The number of ether oxygens (including phenoxy) is 4. The highest BCUT2D eigenvalue weighted by atomic mass is 16.5. The number of hydrogen-bond acceptors (Lipinski definition) is 6. The zero-order valence-electron chi connectivity index (χ0n) is 20.2. The third-order valence-electron chi connectivity index (χ3n) is 5.75. The minimum absolute atomic E-state index is 0.142. The quantitative estimate of drug-likeness (QED) is 0.345. The molecule has 35 heavy (non-hydrogen) atoms. The van der Waals surface area contributed by atoms with Crippen LogP contribution < -0.4 is 18.9 Å². The molecule has 3 aromatic rings. The lowest BCUT2D eigenvalue weighted by atomic mass is 9.91. The summed E-state index contributed by atoms with van der Waals surface area (Å²) in [6, 6.07) is 18.0. The van der Waals surface area contributed by atoms with Crippen LogP contribution in [0.15, 0.2) is 60.7 Å². The van der Waals surface area contributed by atoms with E-state index in [-0.39, 0.29) is 18.4 Å². The van der Waals surface area contributed by atoms with Crippen LogP contribution in [-0.4, -0.2) is 44.7 Å². The molecular weight excluding hydrogens is 446 g/mol. The molecule has 7 nitrogen and oxygen atoms in total. The predicted octanol–water partition coefficient (Wildman–Crippen LogP) is 4.83. The molecule has 0 saturated carbocycles. The third-order valence-corrected chi connectivity index (χ3v) is 5.75. The lowest BCUT2D eigenvalue weighted by Crippen LogP contribution is -2.41. The third kappa shape index (κ3) is 4.71. The summed E-state index contributed by atoms with van der Waals surface area (Å²) >= 11 is 0. The van der Waals surface area contributed by atoms with Gasteiger partial charge >= 0.3 is 0 Å². The predicted molar refractivity (Wildman–Crippen MR) is 133 cm³/mol. The van der Waals surface area contributed by atoms with Crippen LogP contribution in [0.1, 0.15) is 34.0 Å². The zero-order chi connectivity index (χ0) is 24.9. The first kappa shape index (κ1) is 23.9. The first-order valence-electron chi connectivity index (χ1n) is 11.2. The molecule has 3 aromatic carbocycles. The van der Waals surface area contributed by atoms with Crippen molar-refractivity contribution in [2.45, 2.75) is 13.5 Å². The van der Waals surface area contributed by atoms with Crippen molar-refractivity contribution in [3.8, 4) is 23.0 Å². The van der Waals surface area contributed by atoms with Crippen molar-refractivity contribution in [1.29, 1.82) is 0 Å². The number of benzene rings is 3. The summed E-state index contributed by atoms with van der Waals surface area (Å²) in [7, 11) is 4.68. The van der Waals surface area contributed by atoms with Crippen LogP contribution in [0, 0.1) is 0 Å². The number of carbonyl (C=O) groups is 2. The van der Waals surface area contributed by atoms with Crippen molar-refractivity contribution in [2.24, 2.45) is 0 Å². The summed E-state index contributed by atoms with van der Waals surface area (Å²) in [5, 5.41) is 0. The minimum atomic E-state index is -0.378. The molecule has 0 spiro atoms.